The third kappa shape index (κ3) is 4.04. The molecule has 0 saturated heterocycles. The Bertz CT molecular complexity index is 361. The van der Waals surface area contributed by atoms with Crippen molar-refractivity contribution in [1.29, 1.82) is 0 Å². The van der Waals surface area contributed by atoms with Crippen molar-refractivity contribution in [3.05, 3.63) is 22.4 Å². The van der Waals surface area contributed by atoms with Gasteiger partial charge in [-0.3, -0.25) is 0 Å². The van der Waals surface area contributed by atoms with Crippen molar-refractivity contribution in [1.82, 2.24) is 10.2 Å². The monoisotopic (exact) mass is 280 g/mol. The zero-order valence-corrected chi connectivity index (χ0v) is 13.5. The van der Waals surface area contributed by atoms with E-state index in [2.05, 4.69) is 55.7 Å². The number of nitrogens with one attached hydrogen (secondary N) is 1. The third-order valence-corrected chi connectivity index (χ3v) is 5.47. The molecule has 4 unspecified atom stereocenters. The van der Waals surface area contributed by atoms with Gasteiger partial charge in [-0.05, 0) is 56.6 Å². The largest absolute Gasteiger partial charge is 0.312 e. The van der Waals surface area contributed by atoms with E-state index >= 15 is 0 Å². The van der Waals surface area contributed by atoms with Crippen molar-refractivity contribution in [2.75, 3.05) is 20.6 Å². The number of likely N-dealkylation sites (N-methyl/N-ethyl adjacent to an activating group) is 1. The van der Waals surface area contributed by atoms with Gasteiger partial charge in [0.25, 0.3) is 0 Å². The number of rotatable bonds is 5. The first-order valence-electron chi connectivity index (χ1n) is 7.51. The Morgan fingerprint density at radius 1 is 1.37 bits per heavy atom. The quantitative estimate of drug-likeness (QED) is 0.883. The molecule has 19 heavy (non-hydrogen) atoms. The van der Waals surface area contributed by atoms with E-state index in [1.54, 1.807) is 0 Å². The van der Waals surface area contributed by atoms with Gasteiger partial charge >= 0.3 is 0 Å². The maximum atomic E-state index is 3.83. The van der Waals surface area contributed by atoms with Crippen LogP contribution in [-0.2, 0) is 0 Å². The van der Waals surface area contributed by atoms with E-state index in [9.17, 15) is 0 Å². The van der Waals surface area contributed by atoms with Crippen LogP contribution in [0.25, 0.3) is 0 Å². The van der Waals surface area contributed by atoms with Crippen LogP contribution in [0.15, 0.2) is 17.5 Å². The molecule has 0 amide bonds. The molecule has 1 heterocycles. The zero-order chi connectivity index (χ0) is 13.8. The highest BCUT2D eigenvalue weighted by molar-refractivity contribution is 7.10. The van der Waals surface area contributed by atoms with Gasteiger partial charge in [-0.1, -0.05) is 19.9 Å². The average Bonchev–Trinajstić information content (AvgIpc) is 2.85. The molecule has 4 atom stereocenters. The minimum atomic E-state index is 0.506. The van der Waals surface area contributed by atoms with Crippen molar-refractivity contribution in [2.45, 2.75) is 45.2 Å². The molecular weight excluding hydrogens is 252 g/mol. The molecule has 1 N–H and O–H groups in total. The zero-order valence-electron chi connectivity index (χ0n) is 12.7. The van der Waals surface area contributed by atoms with Crippen LogP contribution in [0.1, 0.15) is 44.0 Å². The van der Waals surface area contributed by atoms with E-state index in [0.29, 0.717) is 12.1 Å². The van der Waals surface area contributed by atoms with Gasteiger partial charge in [0.1, 0.15) is 0 Å². The molecule has 1 fully saturated rings. The Kier molecular flexibility index (Phi) is 5.43. The molecule has 2 nitrogen and oxygen atoms in total. The molecule has 1 aromatic heterocycles. The van der Waals surface area contributed by atoms with Gasteiger partial charge in [0.15, 0.2) is 0 Å². The topological polar surface area (TPSA) is 15.3 Å². The lowest BCUT2D eigenvalue weighted by molar-refractivity contribution is 0.206. The summed E-state index contributed by atoms with van der Waals surface area (Å²) >= 11 is 1.87. The van der Waals surface area contributed by atoms with E-state index < -0.39 is 0 Å². The van der Waals surface area contributed by atoms with E-state index in [4.69, 9.17) is 0 Å². The van der Waals surface area contributed by atoms with Gasteiger partial charge in [-0.15, -0.1) is 11.3 Å². The van der Waals surface area contributed by atoms with Gasteiger partial charge in [-0.25, -0.2) is 0 Å². The maximum absolute atomic E-state index is 3.83. The number of hydrogen-bond donors (Lipinski definition) is 1. The van der Waals surface area contributed by atoms with Crippen LogP contribution in [-0.4, -0.2) is 31.6 Å². The van der Waals surface area contributed by atoms with Crippen LogP contribution in [0.5, 0.6) is 0 Å². The summed E-state index contributed by atoms with van der Waals surface area (Å²) in [4.78, 5) is 3.80. The SMILES string of the molecule is CC1CCC(NCC(c2cccs2)N(C)C)C(C)C1. The fourth-order valence-corrected chi connectivity index (χ4v) is 4.17. The first-order valence-corrected chi connectivity index (χ1v) is 8.39. The standard InChI is InChI=1S/C16H28N2S/c1-12-7-8-14(13(2)10-12)17-11-15(18(3)4)16-6-5-9-19-16/h5-6,9,12-15,17H,7-8,10-11H2,1-4H3. The molecule has 0 spiro atoms. The van der Waals surface area contributed by atoms with Crippen molar-refractivity contribution in [3.8, 4) is 0 Å². The minimum absolute atomic E-state index is 0.506. The number of hydrogen-bond acceptors (Lipinski definition) is 3. The van der Waals surface area contributed by atoms with Crippen molar-refractivity contribution in [3.63, 3.8) is 0 Å². The second-order valence-electron chi connectivity index (χ2n) is 6.41. The lowest BCUT2D eigenvalue weighted by Crippen LogP contribution is -2.42. The van der Waals surface area contributed by atoms with E-state index in [1.807, 2.05) is 11.3 Å². The molecule has 1 saturated carbocycles. The van der Waals surface area contributed by atoms with Crippen molar-refractivity contribution < 1.29 is 0 Å². The van der Waals surface area contributed by atoms with Crippen LogP contribution < -0.4 is 5.32 Å². The van der Waals surface area contributed by atoms with E-state index in [-0.39, 0.29) is 0 Å². The average molecular weight is 280 g/mol. The molecule has 2 rings (SSSR count). The fourth-order valence-electron chi connectivity index (χ4n) is 3.25. The molecule has 0 radical (unpaired) electrons. The second kappa shape index (κ2) is 6.87. The van der Waals surface area contributed by atoms with Gasteiger partial charge < -0.3 is 10.2 Å². The molecule has 1 aliphatic rings. The van der Waals surface area contributed by atoms with Crippen LogP contribution in [0.3, 0.4) is 0 Å². The fraction of sp³-hybridized carbons (Fsp3) is 0.750. The normalized spacial score (nSPS) is 29.6. The molecule has 0 bridgehead atoms. The number of thiophene rings is 1. The second-order valence-corrected chi connectivity index (χ2v) is 7.38. The smallest absolute Gasteiger partial charge is 0.0561 e. The Morgan fingerprint density at radius 2 is 2.16 bits per heavy atom. The van der Waals surface area contributed by atoms with E-state index in [1.165, 1.54) is 24.1 Å². The van der Waals surface area contributed by atoms with Gasteiger partial charge in [0.2, 0.25) is 0 Å². The van der Waals surface area contributed by atoms with Gasteiger partial charge in [0.05, 0.1) is 6.04 Å². The lowest BCUT2D eigenvalue weighted by Gasteiger charge is -2.35. The summed E-state index contributed by atoms with van der Waals surface area (Å²) in [6, 6.07) is 5.62. The van der Waals surface area contributed by atoms with Crippen LogP contribution in [0.2, 0.25) is 0 Å². The molecular formula is C16H28N2S. The van der Waals surface area contributed by atoms with Gasteiger partial charge in [0, 0.05) is 17.5 Å². The highest BCUT2D eigenvalue weighted by atomic mass is 32.1. The minimum Gasteiger partial charge on any atom is -0.312 e. The van der Waals surface area contributed by atoms with Crippen molar-refractivity contribution in [2.24, 2.45) is 11.8 Å². The van der Waals surface area contributed by atoms with Crippen LogP contribution >= 0.6 is 11.3 Å². The summed E-state index contributed by atoms with van der Waals surface area (Å²) in [5.41, 5.74) is 0. The third-order valence-electron chi connectivity index (χ3n) is 4.50. The molecule has 0 aliphatic heterocycles. The highest BCUT2D eigenvalue weighted by Gasteiger charge is 2.26. The van der Waals surface area contributed by atoms with E-state index in [0.717, 1.165) is 18.4 Å². The molecule has 3 heteroatoms. The Balaban J connectivity index is 1.89. The molecule has 0 aromatic carbocycles. The Labute approximate surface area is 122 Å². The predicted octanol–water partition coefficient (Wildman–Crippen LogP) is 3.77. The van der Waals surface area contributed by atoms with Crippen LogP contribution in [0, 0.1) is 11.8 Å². The molecule has 108 valence electrons. The first-order chi connectivity index (χ1) is 9.08. The molecule has 1 aromatic rings. The van der Waals surface area contributed by atoms with Crippen LogP contribution in [0.4, 0.5) is 0 Å². The first kappa shape index (κ1) is 15.0. The summed E-state index contributed by atoms with van der Waals surface area (Å²) in [6.07, 6.45) is 4.10. The van der Waals surface area contributed by atoms with Crippen molar-refractivity contribution >= 4 is 11.3 Å². The predicted molar refractivity (Wildman–Crippen MR) is 84.7 cm³/mol. The Morgan fingerprint density at radius 3 is 2.74 bits per heavy atom. The highest BCUT2D eigenvalue weighted by Crippen LogP contribution is 2.29. The Hall–Kier alpha value is -0.380. The van der Waals surface area contributed by atoms with Gasteiger partial charge in [-0.2, -0.15) is 0 Å². The summed E-state index contributed by atoms with van der Waals surface area (Å²) in [6.45, 7) is 5.86. The number of nitrogens with zero attached hydrogens (tertiary/aromatic N) is 1. The maximum Gasteiger partial charge on any atom is 0.0561 e. The molecule has 1 aliphatic carbocycles. The summed E-state index contributed by atoms with van der Waals surface area (Å²) < 4.78 is 0. The lowest BCUT2D eigenvalue weighted by atomic mass is 9.80. The summed E-state index contributed by atoms with van der Waals surface area (Å²) in [5.74, 6) is 1.73. The summed E-state index contributed by atoms with van der Waals surface area (Å²) in [7, 11) is 4.36. The summed E-state index contributed by atoms with van der Waals surface area (Å²) in [5, 5.41) is 6.00.